The highest BCUT2D eigenvalue weighted by Gasteiger charge is 2.24. The van der Waals surface area contributed by atoms with E-state index in [4.69, 9.17) is 4.74 Å². The van der Waals surface area contributed by atoms with E-state index in [1.807, 2.05) is 33.7 Å². The van der Waals surface area contributed by atoms with Gasteiger partial charge in [-0.3, -0.25) is 13.9 Å². The van der Waals surface area contributed by atoms with Crippen LogP contribution in [0.4, 0.5) is 0 Å². The number of thiophene rings is 2. The second-order valence-corrected chi connectivity index (χ2v) is 8.59. The maximum absolute atomic E-state index is 12.8. The maximum atomic E-state index is 12.8. The van der Waals surface area contributed by atoms with Gasteiger partial charge < -0.3 is 10.1 Å². The van der Waals surface area contributed by atoms with Gasteiger partial charge in [0.15, 0.2) is 0 Å². The molecular formula is C16H20N2O3S3. The summed E-state index contributed by atoms with van der Waals surface area (Å²) in [6, 6.07) is 3.97. The van der Waals surface area contributed by atoms with Crippen molar-refractivity contribution in [3.8, 4) is 0 Å². The van der Waals surface area contributed by atoms with Gasteiger partial charge in [-0.1, -0.05) is 0 Å². The van der Waals surface area contributed by atoms with E-state index in [-0.39, 0.29) is 16.9 Å². The molecule has 2 aromatic rings. The number of amides is 1. The predicted molar refractivity (Wildman–Crippen MR) is 98.9 cm³/mol. The molecule has 0 aromatic carbocycles. The van der Waals surface area contributed by atoms with Crippen LogP contribution in [0.15, 0.2) is 33.7 Å². The Hall–Kier alpha value is -1.06. The molecule has 0 radical (unpaired) electrons. The summed E-state index contributed by atoms with van der Waals surface area (Å²) in [6.45, 7) is 3.51. The largest absolute Gasteiger partial charge is 0.379 e. The average Bonchev–Trinajstić information content (AvgIpc) is 3.29. The van der Waals surface area contributed by atoms with E-state index in [0.29, 0.717) is 19.9 Å². The van der Waals surface area contributed by atoms with Crippen molar-refractivity contribution in [2.24, 2.45) is 0 Å². The highest BCUT2D eigenvalue weighted by molar-refractivity contribution is 7.86. The van der Waals surface area contributed by atoms with Gasteiger partial charge >= 0.3 is 0 Å². The lowest BCUT2D eigenvalue weighted by Gasteiger charge is -2.26. The zero-order valence-corrected chi connectivity index (χ0v) is 15.6. The van der Waals surface area contributed by atoms with Gasteiger partial charge in [-0.15, -0.1) is 0 Å². The molecule has 1 fully saturated rings. The first kappa shape index (κ1) is 17.8. The summed E-state index contributed by atoms with van der Waals surface area (Å²) in [7, 11) is -1.29. The van der Waals surface area contributed by atoms with Crippen LogP contribution in [-0.2, 0) is 20.3 Å². The number of hydrogen-bond acceptors (Lipinski definition) is 6. The summed E-state index contributed by atoms with van der Waals surface area (Å²) >= 11 is 3.16. The Balaban J connectivity index is 1.58. The quantitative estimate of drug-likeness (QED) is 0.794. The minimum absolute atomic E-state index is 0.0146. The Labute approximate surface area is 152 Å². The Bertz CT molecular complexity index is 618. The van der Waals surface area contributed by atoms with Crippen LogP contribution in [0.25, 0.3) is 0 Å². The van der Waals surface area contributed by atoms with Gasteiger partial charge in [0.25, 0.3) is 0 Å². The van der Waals surface area contributed by atoms with Crippen molar-refractivity contribution in [2.75, 3.05) is 38.7 Å². The molecule has 0 spiro atoms. The van der Waals surface area contributed by atoms with Gasteiger partial charge in [-0.2, -0.15) is 22.7 Å². The molecule has 130 valence electrons. The zero-order chi connectivity index (χ0) is 16.8. The van der Waals surface area contributed by atoms with E-state index in [0.717, 1.165) is 24.2 Å². The number of carbonyl (C=O) groups is 1. The number of rotatable bonds is 7. The molecule has 3 rings (SSSR count). The maximum Gasteiger partial charge on any atom is 0.233 e. The third-order valence-electron chi connectivity index (χ3n) is 3.83. The van der Waals surface area contributed by atoms with E-state index < -0.39 is 10.8 Å². The van der Waals surface area contributed by atoms with Crippen molar-refractivity contribution in [3.05, 3.63) is 44.8 Å². The van der Waals surface area contributed by atoms with Crippen LogP contribution in [0.1, 0.15) is 16.4 Å². The first-order chi connectivity index (χ1) is 11.7. The normalized spacial score (nSPS) is 17.0. The second kappa shape index (κ2) is 8.87. The number of hydrogen-bond donors (Lipinski definition) is 1. The third-order valence-corrected chi connectivity index (χ3v) is 6.85. The van der Waals surface area contributed by atoms with Gasteiger partial charge in [0, 0.05) is 23.9 Å². The molecule has 0 aliphatic carbocycles. The van der Waals surface area contributed by atoms with Crippen LogP contribution >= 0.6 is 22.7 Å². The van der Waals surface area contributed by atoms with Crippen molar-refractivity contribution in [1.29, 1.82) is 0 Å². The number of morpholine rings is 1. The Morgan fingerprint density at radius 2 is 1.83 bits per heavy atom. The van der Waals surface area contributed by atoms with Crippen LogP contribution < -0.4 is 5.32 Å². The van der Waals surface area contributed by atoms with Gasteiger partial charge in [-0.05, 0) is 44.8 Å². The topological polar surface area (TPSA) is 58.6 Å². The van der Waals surface area contributed by atoms with Crippen molar-refractivity contribution >= 4 is 39.4 Å². The van der Waals surface area contributed by atoms with Gasteiger partial charge in [0.2, 0.25) is 5.91 Å². The average molecular weight is 385 g/mol. The lowest BCUT2D eigenvalue weighted by molar-refractivity contribution is -0.119. The molecule has 1 saturated heterocycles. The van der Waals surface area contributed by atoms with Gasteiger partial charge in [0.05, 0.1) is 25.1 Å². The fourth-order valence-electron chi connectivity index (χ4n) is 2.57. The second-order valence-electron chi connectivity index (χ2n) is 5.51. The third kappa shape index (κ3) is 4.73. The van der Waals surface area contributed by atoms with E-state index in [2.05, 4.69) is 10.2 Å². The molecule has 2 aromatic heterocycles. The molecule has 0 bridgehead atoms. The summed E-state index contributed by atoms with van der Waals surface area (Å²) in [5, 5.41) is 10.6. The molecule has 1 aliphatic rings. The molecule has 5 nitrogen and oxygen atoms in total. The van der Waals surface area contributed by atoms with E-state index >= 15 is 0 Å². The highest BCUT2D eigenvalue weighted by Crippen LogP contribution is 2.31. The molecule has 1 amide bonds. The fraction of sp³-hybridized carbons (Fsp3) is 0.438. The summed E-state index contributed by atoms with van der Waals surface area (Å²) < 4.78 is 18.1. The number of nitrogens with one attached hydrogen (secondary N) is 1. The molecular weight excluding hydrogens is 364 g/mol. The molecule has 1 unspecified atom stereocenters. The molecule has 1 atom stereocenters. The molecule has 8 heteroatoms. The molecule has 1 N–H and O–H groups in total. The van der Waals surface area contributed by atoms with Crippen molar-refractivity contribution < 1.29 is 13.7 Å². The first-order valence-electron chi connectivity index (χ1n) is 7.72. The molecule has 1 aliphatic heterocycles. The van der Waals surface area contributed by atoms with Crippen LogP contribution in [-0.4, -0.2) is 53.7 Å². The number of ether oxygens (including phenoxy) is 1. The van der Waals surface area contributed by atoms with Crippen molar-refractivity contribution in [2.45, 2.75) is 5.25 Å². The standard InChI is InChI=1S/C16H20N2O3S3/c19-15(17-12-18-3-5-21-6-4-18)11-24(20)16(13-1-7-22-9-13)14-2-8-23-10-14/h1-2,7-10,16H,3-6,11-12H2,(H,17,19). The minimum Gasteiger partial charge on any atom is -0.379 e. The van der Waals surface area contributed by atoms with Crippen LogP contribution in [0.2, 0.25) is 0 Å². The van der Waals surface area contributed by atoms with Crippen LogP contribution in [0.5, 0.6) is 0 Å². The Morgan fingerprint density at radius 1 is 1.21 bits per heavy atom. The van der Waals surface area contributed by atoms with Crippen molar-refractivity contribution in [1.82, 2.24) is 10.2 Å². The summed E-state index contributed by atoms with van der Waals surface area (Å²) in [6.07, 6.45) is 0. The summed E-state index contributed by atoms with van der Waals surface area (Å²) in [4.78, 5) is 14.3. The lowest BCUT2D eigenvalue weighted by Crippen LogP contribution is -2.44. The molecule has 24 heavy (non-hydrogen) atoms. The van der Waals surface area contributed by atoms with E-state index in [9.17, 15) is 9.00 Å². The lowest BCUT2D eigenvalue weighted by atomic mass is 10.1. The Morgan fingerprint density at radius 3 is 2.38 bits per heavy atom. The van der Waals surface area contributed by atoms with Gasteiger partial charge in [-0.25, -0.2) is 0 Å². The van der Waals surface area contributed by atoms with E-state index in [1.165, 1.54) is 0 Å². The summed E-state index contributed by atoms with van der Waals surface area (Å²) in [5.41, 5.74) is 2.02. The SMILES string of the molecule is O=C(CS(=O)C(c1ccsc1)c1ccsc1)NCN1CCOCC1. The highest BCUT2D eigenvalue weighted by atomic mass is 32.2. The van der Waals surface area contributed by atoms with Crippen LogP contribution in [0, 0.1) is 0 Å². The first-order valence-corrected chi connectivity index (χ1v) is 11.0. The number of nitrogens with zero attached hydrogens (tertiary/aromatic N) is 1. The number of carbonyl (C=O) groups excluding carboxylic acids is 1. The molecule has 3 heterocycles. The minimum atomic E-state index is -1.29. The molecule has 0 saturated carbocycles. The monoisotopic (exact) mass is 384 g/mol. The smallest absolute Gasteiger partial charge is 0.233 e. The Kier molecular flexibility index (Phi) is 6.56. The van der Waals surface area contributed by atoms with Gasteiger partial charge in [0.1, 0.15) is 5.75 Å². The van der Waals surface area contributed by atoms with Crippen LogP contribution in [0.3, 0.4) is 0 Å². The summed E-state index contributed by atoms with van der Waals surface area (Å²) in [5.74, 6) is -0.156. The fourth-order valence-corrected chi connectivity index (χ4v) is 5.54. The van der Waals surface area contributed by atoms with Crippen molar-refractivity contribution in [3.63, 3.8) is 0 Å². The zero-order valence-electron chi connectivity index (χ0n) is 13.2. The van der Waals surface area contributed by atoms with E-state index in [1.54, 1.807) is 22.7 Å². The predicted octanol–water partition coefficient (Wildman–Crippen LogP) is 2.05.